The Labute approximate surface area is 170 Å². The highest BCUT2D eigenvalue weighted by Gasteiger charge is 2.23. The van der Waals surface area contributed by atoms with Crippen molar-refractivity contribution in [2.45, 2.75) is 13.3 Å². The Morgan fingerprint density at radius 2 is 1.68 bits per heavy atom. The molecule has 1 heterocycles. The second-order valence-corrected chi connectivity index (χ2v) is 7.19. The van der Waals surface area contributed by atoms with Gasteiger partial charge in [-0.25, -0.2) is 4.79 Å². The normalized spacial score (nSPS) is 14.4. The van der Waals surface area contributed by atoms with Gasteiger partial charge < -0.3 is 19.9 Å². The molecule has 1 saturated heterocycles. The Morgan fingerprint density at radius 3 is 2.39 bits per heavy atom. The molecule has 3 rings (SSSR count). The van der Waals surface area contributed by atoms with E-state index in [-0.39, 0.29) is 11.9 Å². The van der Waals surface area contributed by atoms with E-state index in [1.165, 1.54) is 0 Å². The second-order valence-electron chi connectivity index (χ2n) is 6.75. The summed E-state index contributed by atoms with van der Waals surface area (Å²) in [5.74, 6) is 0.655. The lowest BCUT2D eigenvalue weighted by atomic mass is 10.1. The predicted molar refractivity (Wildman–Crippen MR) is 110 cm³/mol. The summed E-state index contributed by atoms with van der Waals surface area (Å²) in [5.41, 5.74) is 2.28. The van der Waals surface area contributed by atoms with Crippen molar-refractivity contribution < 1.29 is 14.3 Å². The number of nitrogens with zero attached hydrogens (tertiary/aromatic N) is 2. The molecule has 0 unspecified atom stereocenters. The lowest BCUT2D eigenvalue weighted by Crippen LogP contribution is -2.39. The van der Waals surface area contributed by atoms with E-state index >= 15 is 0 Å². The molecule has 7 heteroatoms. The number of nitrogens with one attached hydrogen (secondary N) is 1. The largest absolute Gasteiger partial charge is 0.496 e. The summed E-state index contributed by atoms with van der Waals surface area (Å²) in [6, 6.07) is 12.3. The number of aryl methyl sites for hydroxylation is 1. The zero-order chi connectivity index (χ0) is 20.1. The smallest absolute Gasteiger partial charge is 0.321 e. The van der Waals surface area contributed by atoms with Crippen LogP contribution in [0.1, 0.15) is 22.3 Å². The number of anilines is 1. The molecule has 0 spiro atoms. The van der Waals surface area contributed by atoms with Gasteiger partial charge in [-0.1, -0.05) is 17.7 Å². The molecule has 3 amide bonds. The molecule has 0 saturated carbocycles. The van der Waals surface area contributed by atoms with E-state index in [9.17, 15) is 9.59 Å². The van der Waals surface area contributed by atoms with Crippen LogP contribution in [0, 0.1) is 6.92 Å². The van der Waals surface area contributed by atoms with E-state index < -0.39 is 0 Å². The van der Waals surface area contributed by atoms with E-state index in [4.69, 9.17) is 16.3 Å². The monoisotopic (exact) mass is 401 g/mol. The van der Waals surface area contributed by atoms with E-state index in [1.807, 2.05) is 19.1 Å². The van der Waals surface area contributed by atoms with Crippen LogP contribution >= 0.6 is 11.6 Å². The molecule has 1 fully saturated rings. The van der Waals surface area contributed by atoms with Gasteiger partial charge in [0.2, 0.25) is 0 Å². The molecule has 0 aromatic heterocycles. The lowest BCUT2D eigenvalue weighted by Gasteiger charge is -2.23. The lowest BCUT2D eigenvalue weighted by molar-refractivity contribution is 0.0762. The van der Waals surface area contributed by atoms with Gasteiger partial charge in [0.15, 0.2) is 0 Å². The molecule has 0 aliphatic carbocycles. The fourth-order valence-electron chi connectivity index (χ4n) is 3.20. The van der Waals surface area contributed by atoms with Crippen molar-refractivity contribution in [3.8, 4) is 5.75 Å². The van der Waals surface area contributed by atoms with E-state index in [1.54, 1.807) is 47.2 Å². The van der Waals surface area contributed by atoms with Crippen LogP contribution in [0.25, 0.3) is 0 Å². The number of halogens is 1. The summed E-state index contributed by atoms with van der Waals surface area (Å²) < 4.78 is 5.32. The number of hydrogen-bond acceptors (Lipinski definition) is 3. The van der Waals surface area contributed by atoms with E-state index in [0.29, 0.717) is 48.2 Å². The Morgan fingerprint density at radius 1 is 1.00 bits per heavy atom. The minimum Gasteiger partial charge on any atom is -0.496 e. The molecule has 2 aromatic carbocycles. The van der Waals surface area contributed by atoms with Gasteiger partial charge in [-0.3, -0.25) is 4.79 Å². The van der Waals surface area contributed by atoms with Gasteiger partial charge in [0.1, 0.15) is 5.75 Å². The minimum absolute atomic E-state index is 0.0433. The quantitative estimate of drug-likeness (QED) is 0.844. The van der Waals surface area contributed by atoms with Crippen LogP contribution in [0.15, 0.2) is 42.5 Å². The summed E-state index contributed by atoms with van der Waals surface area (Å²) in [7, 11) is 1.60. The Balaban J connectivity index is 1.61. The molecular weight excluding hydrogens is 378 g/mol. The van der Waals surface area contributed by atoms with Crippen LogP contribution in [0.3, 0.4) is 0 Å². The summed E-state index contributed by atoms with van der Waals surface area (Å²) in [5, 5.41) is 3.49. The average molecular weight is 402 g/mol. The van der Waals surface area contributed by atoms with Crippen LogP contribution in [-0.2, 0) is 0 Å². The number of urea groups is 1. The zero-order valence-corrected chi connectivity index (χ0v) is 16.8. The van der Waals surface area contributed by atoms with Crippen molar-refractivity contribution in [1.82, 2.24) is 9.80 Å². The first-order valence-electron chi connectivity index (χ1n) is 9.23. The van der Waals surface area contributed by atoms with Crippen molar-refractivity contribution >= 4 is 29.2 Å². The molecule has 1 aliphatic rings. The first kappa shape index (κ1) is 20.0. The fourth-order valence-corrected chi connectivity index (χ4v) is 3.32. The third kappa shape index (κ3) is 4.75. The van der Waals surface area contributed by atoms with Gasteiger partial charge in [-0.15, -0.1) is 0 Å². The molecular formula is C21H24ClN3O3. The van der Waals surface area contributed by atoms with Gasteiger partial charge in [-0.05, 0) is 55.3 Å². The van der Waals surface area contributed by atoms with Crippen molar-refractivity contribution in [2.24, 2.45) is 0 Å². The van der Waals surface area contributed by atoms with Crippen LogP contribution in [0.5, 0.6) is 5.75 Å². The highest BCUT2D eigenvalue weighted by atomic mass is 35.5. The number of benzene rings is 2. The second kappa shape index (κ2) is 8.97. The van der Waals surface area contributed by atoms with E-state index in [2.05, 4.69) is 5.32 Å². The third-order valence-corrected chi connectivity index (χ3v) is 5.07. The Hall–Kier alpha value is -2.73. The van der Waals surface area contributed by atoms with Gasteiger partial charge in [0.25, 0.3) is 5.91 Å². The number of hydrogen-bond donors (Lipinski definition) is 1. The van der Waals surface area contributed by atoms with Crippen LogP contribution in [-0.4, -0.2) is 55.0 Å². The van der Waals surface area contributed by atoms with Gasteiger partial charge in [-0.2, -0.15) is 0 Å². The molecule has 0 atom stereocenters. The first-order valence-corrected chi connectivity index (χ1v) is 9.61. The number of amides is 3. The summed E-state index contributed by atoms with van der Waals surface area (Å²) in [4.78, 5) is 28.9. The molecule has 2 aromatic rings. The first-order chi connectivity index (χ1) is 13.5. The SMILES string of the molecule is COc1cc(C(=O)N2CCCN(C(=O)Nc3ccc(Cl)cc3)CC2)ccc1C. The average Bonchev–Trinajstić information content (AvgIpc) is 2.96. The predicted octanol–water partition coefficient (Wildman–Crippen LogP) is 4.04. The van der Waals surface area contributed by atoms with Crippen molar-refractivity contribution in [3.63, 3.8) is 0 Å². The number of carbonyl (C=O) groups excluding carboxylic acids is 2. The summed E-state index contributed by atoms with van der Waals surface area (Å²) in [6.45, 7) is 4.12. The number of rotatable bonds is 3. The van der Waals surface area contributed by atoms with E-state index in [0.717, 1.165) is 12.0 Å². The highest BCUT2D eigenvalue weighted by Crippen LogP contribution is 2.21. The molecule has 28 heavy (non-hydrogen) atoms. The highest BCUT2D eigenvalue weighted by molar-refractivity contribution is 6.30. The molecule has 6 nitrogen and oxygen atoms in total. The number of carbonyl (C=O) groups is 2. The molecule has 0 bridgehead atoms. The Bertz CT molecular complexity index is 854. The maximum absolute atomic E-state index is 12.9. The molecule has 0 radical (unpaired) electrons. The zero-order valence-electron chi connectivity index (χ0n) is 16.1. The topological polar surface area (TPSA) is 61.9 Å². The fraction of sp³-hybridized carbons (Fsp3) is 0.333. The number of ether oxygens (including phenoxy) is 1. The van der Waals surface area contributed by atoms with Crippen molar-refractivity contribution in [3.05, 3.63) is 58.6 Å². The Kier molecular flexibility index (Phi) is 6.41. The van der Waals surface area contributed by atoms with Gasteiger partial charge in [0, 0.05) is 42.5 Å². The molecule has 148 valence electrons. The summed E-state index contributed by atoms with van der Waals surface area (Å²) >= 11 is 5.87. The molecule has 1 N–H and O–H groups in total. The van der Waals surface area contributed by atoms with Gasteiger partial charge >= 0.3 is 6.03 Å². The third-order valence-electron chi connectivity index (χ3n) is 4.82. The maximum atomic E-state index is 12.9. The minimum atomic E-state index is -0.173. The number of methoxy groups -OCH3 is 1. The van der Waals surface area contributed by atoms with Crippen molar-refractivity contribution in [2.75, 3.05) is 38.6 Å². The summed E-state index contributed by atoms with van der Waals surface area (Å²) in [6.07, 6.45) is 0.725. The van der Waals surface area contributed by atoms with Crippen LogP contribution < -0.4 is 10.1 Å². The standard InChI is InChI=1S/C21H24ClN3O3/c1-15-4-5-16(14-19(15)28-2)20(26)24-10-3-11-25(13-12-24)21(27)23-18-8-6-17(22)7-9-18/h4-9,14H,3,10-13H2,1-2H3,(H,23,27). The molecule has 1 aliphatic heterocycles. The van der Waals surface area contributed by atoms with Crippen LogP contribution in [0.4, 0.5) is 10.5 Å². The van der Waals surface area contributed by atoms with Crippen LogP contribution in [0.2, 0.25) is 5.02 Å². The van der Waals surface area contributed by atoms with Gasteiger partial charge in [0.05, 0.1) is 7.11 Å². The van der Waals surface area contributed by atoms with Crippen molar-refractivity contribution in [1.29, 1.82) is 0 Å². The maximum Gasteiger partial charge on any atom is 0.321 e.